The number of aromatic nitrogens is 2. The van der Waals surface area contributed by atoms with Gasteiger partial charge in [0.25, 0.3) is 0 Å². The van der Waals surface area contributed by atoms with Crippen molar-refractivity contribution < 1.29 is 9.50 Å². The summed E-state index contributed by atoms with van der Waals surface area (Å²) in [6, 6.07) is 6.21. The topological polar surface area (TPSA) is 46.0 Å². The monoisotopic (exact) mass is 266 g/mol. The highest BCUT2D eigenvalue weighted by Gasteiger charge is 2.28. The van der Waals surface area contributed by atoms with Crippen molar-refractivity contribution in [3.63, 3.8) is 0 Å². The van der Waals surface area contributed by atoms with Gasteiger partial charge in [0.1, 0.15) is 11.9 Å². The Morgan fingerprint density at radius 3 is 2.56 bits per heavy atom. The van der Waals surface area contributed by atoms with Gasteiger partial charge in [-0.15, -0.1) is 5.10 Å². The maximum absolute atomic E-state index is 13.7. The van der Waals surface area contributed by atoms with E-state index in [1.165, 1.54) is 6.07 Å². The lowest BCUT2D eigenvalue weighted by Crippen LogP contribution is -2.16. The van der Waals surface area contributed by atoms with E-state index in [4.69, 9.17) is 0 Å². The van der Waals surface area contributed by atoms with Crippen molar-refractivity contribution in [3.8, 4) is 0 Å². The fourth-order valence-corrected chi connectivity index (χ4v) is 2.61. The molecule has 3 nitrogen and oxygen atoms in total. The molecule has 0 saturated heterocycles. The first-order valence-corrected chi connectivity index (χ1v) is 6.44. The average molecular weight is 266 g/mol. The average Bonchev–Trinajstić information content (AvgIpc) is 2.77. The van der Waals surface area contributed by atoms with Crippen LogP contribution >= 0.6 is 11.5 Å². The van der Waals surface area contributed by atoms with E-state index < -0.39 is 11.9 Å². The number of aliphatic hydroxyl groups is 1. The highest BCUT2D eigenvalue weighted by Crippen LogP contribution is 2.34. The molecule has 1 atom stereocenters. The first kappa shape index (κ1) is 13.1. The van der Waals surface area contributed by atoms with E-state index in [1.807, 2.05) is 20.8 Å². The van der Waals surface area contributed by atoms with Crippen LogP contribution in [0.4, 0.5) is 4.39 Å². The van der Waals surface area contributed by atoms with Crippen LogP contribution in [0.1, 0.15) is 43.0 Å². The molecule has 1 N–H and O–H groups in total. The zero-order valence-electron chi connectivity index (χ0n) is 10.5. The van der Waals surface area contributed by atoms with Crippen LogP contribution in [-0.4, -0.2) is 14.7 Å². The Morgan fingerprint density at radius 2 is 1.94 bits per heavy atom. The van der Waals surface area contributed by atoms with Crippen molar-refractivity contribution in [2.75, 3.05) is 0 Å². The number of nitrogens with zero attached hydrogens (tertiary/aromatic N) is 2. The predicted molar refractivity (Wildman–Crippen MR) is 69.1 cm³/mol. The molecule has 0 spiro atoms. The summed E-state index contributed by atoms with van der Waals surface area (Å²) in [7, 11) is 0. The molecule has 0 radical (unpaired) electrons. The quantitative estimate of drug-likeness (QED) is 0.908. The molecular weight excluding hydrogens is 251 g/mol. The van der Waals surface area contributed by atoms with Crippen LogP contribution in [0.15, 0.2) is 24.3 Å². The molecule has 96 valence electrons. The Balaban J connectivity index is 2.45. The molecule has 2 rings (SSSR count). The van der Waals surface area contributed by atoms with Crippen molar-refractivity contribution in [1.29, 1.82) is 0 Å². The number of aliphatic hydroxyl groups excluding tert-OH is 1. The lowest BCUT2D eigenvalue weighted by molar-refractivity contribution is 0.215. The summed E-state index contributed by atoms with van der Waals surface area (Å²) in [5.41, 5.74) is 0.742. The molecule has 0 bridgehead atoms. The van der Waals surface area contributed by atoms with Gasteiger partial charge in [0.2, 0.25) is 0 Å². The zero-order chi connectivity index (χ0) is 13.3. The van der Waals surface area contributed by atoms with E-state index in [0.717, 1.165) is 11.5 Å². The number of benzene rings is 1. The third kappa shape index (κ3) is 2.42. The normalized spacial score (nSPS) is 13.6. The van der Waals surface area contributed by atoms with E-state index >= 15 is 0 Å². The van der Waals surface area contributed by atoms with Gasteiger partial charge in [-0.3, -0.25) is 0 Å². The standard InChI is InChI=1S/C13H15FN2OS/c1-13(2,3)12-11(18-16-15-12)10(17)8-6-4-5-7-9(8)14/h4-7,10,17H,1-3H3. The second kappa shape index (κ2) is 4.74. The van der Waals surface area contributed by atoms with Crippen LogP contribution in [0.5, 0.6) is 0 Å². The van der Waals surface area contributed by atoms with Crippen LogP contribution in [0.2, 0.25) is 0 Å². The van der Waals surface area contributed by atoms with Gasteiger partial charge in [0.15, 0.2) is 0 Å². The maximum Gasteiger partial charge on any atom is 0.129 e. The SMILES string of the molecule is CC(C)(C)c1nnsc1C(O)c1ccccc1F. The lowest BCUT2D eigenvalue weighted by Gasteiger charge is -2.19. The van der Waals surface area contributed by atoms with E-state index in [2.05, 4.69) is 9.59 Å². The fourth-order valence-electron chi connectivity index (χ4n) is 1.73. The van der Waals surface area contributed by atoms with Gasteiger partial charge in [-0.1, -0.05) is 43.5 Å². The maximum atomic E-state index is 13.7. The van der Waals surface area contributed by atoms with E-state index in [-0.39, 0.29) is 11.0 Å². The van der Waals surface area contributed by atoms with Crippen molar-refractivity contribution in [1.82, 2.24) is 9.59 Å². The molecule has 0 amide bonds. The molecule has 2 aromatic rings. The minimum absolute atomic E-state index is 0.228. The molecule has 0 aliphatic heterocycles. The molecule has 0 saturated carbocycles. The molecule has 1 aromatic heterocycles. The largest absolute Gasteiger partial charge is 0.383 e. The minimum Gasteiger partial charge on any atom is -0.383 e. The highest BCUT2D eigenvalue weighted by molar-refractivity contribution is 7.05. The fraction of sp³-hybridized carbons (Fsp3) is 0.385. The van der Waals surface area contributed by atoms with E-state index in [0.29, 0.717) is 10.6 Å². The summed E-state index contributed by atoms with van der Waals surface area (Å²) in [6.45, 7) is 5.96. The summed E-state index contributed by atoms with van der Waals surface area (Å²) in [6.07, 6.45) is -1.01. The van der Waals surface area contributed by atoms with Gasteiger partial charge in [-0.05, 0) is 17.6 Å². The minimum atomic E-state index is -1.01. The molecule has 1 aromatic carbocycles. The van der Waals surface area contributed by atoms with Crippen LogP contribution in [-0.2, 0) is 5.41 Å². The second-order valence-corrected chi connectivity index (χ2v) is 5.95. The van der Waals surface area contributed by atoms with Gasteiger partial charge in [0.05, 0.1) is 10.6 Å². The van der Waals surface area contributed by atoms with Crippen molar-refractivity contribution in [3.05, 3.63) is 46.2 Å². The van der Waals surface area contributed by atoms with Crippen LogP contribution in [0.3, 0.4) is 0 Å². The second-order valence-electron chi connectivity index (χ2n) is 5.16. The first-order chi connectivity index (χ1) is 8.41. The predicted octanol–water partition coefficient (Wildman–Crippen LogP) is 3.06. The van der Waals surface area contributed by atoms with Crippen LogP contribution in [0, 0.1) is 5.82 Å². The molecule has 5 heteroatoms. The van der Waals surface area contributed by atoms with Gasteiger partial charge in [-0.2, -0.15) is 0 Å². The lowest BCUT2D eigenvalue weighted by atomic mass is 9.89. The number of rotatable bonds is 2. The van der Waals surface area contributed by atoms with Crippen molar-refractivity contribution >= 4 is 11.5 Å². The van der Waals surface area contributed by atoms with Crippen LogP contribution in [0.25, 0.3) is 0 Å². The van der Waals surface area contributed by atoms with Gasteiger partial charge in [-0.25, -0.2) is 4.39 Å². The molecule has 0 aliphatic rings. The Hall–Kier alpha value is -1.33. The first-order valence-electron chi connectivity index (χ1n) is 5.66. The Bertz CT molecular complexity index is 548. The van der Waals surface area contributed by atoms with Crippen LogP contribution < -0.4 is 0 Å². The van der Waals surface area contributed by atoms with Gasteiger partial charge >= 0.3 is 0 Å². The van der Waals surface area contributed by atoms with E-state index in [9.17, 15) is 9.50 Å². The van der Waals surface area contributed by atoms with Gasteiger partial charge in [0, 0.05) is 11.0 Å². The molecular formula is C13H15FN2OS. The molecule has 18 heavy (non-hydrogen) atoms. The Kier molecular flexibility index (Phi) is 3.45. The van der Waals surface area contributed by atoms with Crippen molar-refractivity contribution in [2.24, 2.45) is 0 Å². The summed E-state index contributed by atoms with van der Waals surface area (Å²) in [4.78, 5) is 0.604. The zero-order valence-corrected chi connectivity index (χ0v) is 11.3. The van der Waals surface area contributed by atoms with Crippen molar-refractivity contribution in [2.45, 2.75) is 32.3 Å². The third-order valence-electron chi connectivity index (χ3n) is 2.67. The molecule has 1 heterocycles. The van der Waals surface area contributed by atoms with Gasteiger partial charge < -0.3 is 5.11 Å². The summed E-state index contributed by atoms with van der Waals surface area (Å²) >= 11 is 1.11. The Morgan fingerprint density at radius 1 is 1.28 bits per heavy atom. The molecule has 0 fully saturated rings. The summed E-state index contributed by atoms with van der Waals surface area (Å²) < 4.78 is 17.5. The summed E-state index contributed by atoms with van der Waals surface area (Å²) in [5.74, 6) is -0.418. The summed E-state index contributed by atoms with van der Waals surface area (Å²) in [5, 5.41) is 14.3. The highest BCUT2D eigenvalue weighted by atomic mass is 32.1. The Labute approximate surface area is 109 Å². The number of hydrogen-bond donors (Lipinski definition) is 1. The third-order valence-corrected chi connectivity index (χ3v) is 3.45. The smallest absolute Gasteiger partial charge is 0.129 e. The number of halogens is 1. The van der Waals surface area contributed by atoms with E-state index in [1.54, 1.807) is 18.2 Å². The molecule has 0 aliphatic carbocycles. The molecule has 1 unspecified atom stereocenters. The number of hydrogen-bond acceptors (Lipinski definition) is 4.